The molecule has 0 saturated carbocycles. The molecule has 21 heavy (non-hydrogen) atoms. The fraction of sp³-hybridized carbons (Fsp3) is 0.0714. The maximum atomic E-state index is 5.80. The SMILES string of the molecule is COc1ccc(N)c(Oc2ncn(-c3ccccc3)n2)n1. The highest BCUT2D eigenvalue weighted by molar-refractivity contribution is 5.50. The van der Waals surface area contributed by atoms with Gasteiger partial charge in [0.25, 0.3) is 0 Å². The van der Waals surface area contributed by atoms with Crippen molar-refractivity contribution in [1.82, 2.24) is 19.7 Å². The number of nitrogens with two attached hydrogens (primary N) is 1. The molecule has 0 bridgehead atoms. The van der Waals surface area contributed by atoms with E-state index in [9.17, 15) is 0 Å². The van der Waals surface area contributed by atoms with Crippen LogP contribution in [-0.2, 0) is 0 Å². The lowest BCUT2D eigenvalue weighted by atomic mass is 10.3. The molecule has 7 nitrogen and oxygen atoms in total. The molecule has 0 atom stereocenters. The predicted molar refractivity (Wildman–Crippen MR) is 76.6 cm³/mol. The van der Waals surface area contributed by atoms with E-state index in [0.717, 1.165) is 5.69 Å². The lowest BCUT2D eigenvalue weighted by Gasteiger charge is -2.05. The van der Waals surface area contributed by atoms with E-state index in [1.807, 2.05) is 30.3 Å². The maximum Gasteiger partial charge on any atom is 0.342 e. The zero-order valence-corrected chi connectivity index (χ0v) is 11.3. The van der Waals surface area contributed by atoms with Gasteiger partial charge in [0.15, 0.2) is 0 Å². The Morgan fingerprint density at radius 1 is 1.10 bits per heavy atom. The van der Waals surface area contributed by atoms with Gasteiger partial charge in [0.2, 0.25) is 11.8 Å². The second-order valence-electron chi connectivity index (χ2n) is 4.16. The predicted octanol–water partition coefficient (Wildman–Crippen LogP) is 2.05. The van der Waals surface area contributed by atoms with Gasteiger partial charge in [-0.05, 0) is 18.2 Å². The molecule has 2 aromatic heterocycles. The van der Waals surface area contributed by atoms with Crippen molar-refractivity contribution in [1.29, 1.82) is 0 Å². The zero-order chi connectivity index (χ0) is 14.7. The van der Waals surface area contributed by atoms with Crippen molar-refractivity contribution in [2.75, 3.05) is 12.8 Å². The Hall–Kier alpha value is -3.09. The molecule has 0 radical (unpaired) electrons. The Morgan fingerprint density at radius 2 is 1.90 bits per heavy atom. The second-order valence-corrected chi connectivity index (χ2v) is 4.16. The lowest BCUT2D eigenvalue weighted by Crippen LogP contribution is -1.99. The number of pyridine rings is 1. The first-order valence-corrected chi connectivity index (χ1v) is 6.22. The van der Waals surface area contributed by atoms with E-state index in [1.165, 1.54) is 7.11 Å². The number of hydrogen-bond acceptors (Lipinski definition) is 6. The number of rotatable bonds is 4. The largest absolute Gasteiger partial charge is 0.481 e. The number of anilines is 1. The van der Waals surface area contributed by atoms with Crippen molar-refractivity contribution in [3.05, 3.63) is 48.8 Å². The van der Waals surface area contributed by atoms with Crippen LogP contribution in [0.5, 0.6) is 17.8 Å². The van der Waals surface area contributed by atoms with Gasteiger partial charge in [-0.25, -0.2) is 4.68 Å². The van der Waals surface area contributed by atoms with Crippen LogP contribution in [0.1, 0.15) is 0 Å². The average Bonchev–Trinajstić information content (AvgIpc) is 2.99. The van der Waals surface area contributed by atoms with E-state index in [4.69, 9.17) is 15.2 Å². The molecule has 3 aromatic rings. The van der Waals surface area contributed by atoms with Crippen LogP contribution in [0.2, 0.25) is 0 Å². The number of nitrogens with zero attached hydrogens (tertiary/aromatic N) is 4. The summed E-state index contributed by atoms with van der Waals surface area (Å²) < 4.78 is 12.1. The Labute approximate surface area is 121 Å². The molecule has 2 heterocycles. The summed E-state index contributed by atoms with van der Waals surface area (Å²) in [6, 6.07) is 13.0. The summed E-state index contributed by atoms with van der Waals surface area (Å²) in [7, 11) is 1.52. The summed E-state index contributed by atoms with van der Waals surface area (Å²) >= 11 is 0. The van der Waals surface area contributed by atoms with Gasteiger partial charge in [-0.1, -0.05) is 18.2 Å². The van der Waals surface area contributed by atoms with Crippen LogP contribution in [0.25, 0.3) is 5.69 Å². The van der Waals surface area contributed by atoms with Crippen molar-refractivity contribution in [2.45, 2.75) is 0 Å². The number of hydrogen-bond donors (Lipinski definition) is 1. The molecule has 0 aliphatic heterocycles. The van der Waals surface area contributed by atoms with Crippen molar-refractivity contribution in [3.63, 3.8) is 0 Å². The first-order valence-electron chi connectivity index (χ1n) is 6.22. The topological polar surface area (TPSA) is 88.1 Å². The minimum atomic E-state index is 0.159. The second kappa shape index (κ2) is 5.49. The van der Waals surface area contributed by atoms with Gasteiger partial charge in [-0.2, -0.15) is 9.97 Å². The third kappa shape index (κ3) is 2.76. The molecular weight excluding hydrogens is 270 g/mol. The van der Waals surface area contributed by atoms with E-state index in [-0.39, 0.29) is 11.9 Å². The van der Waals surface area contributed by atoms with Gasteiger partial charge >= 0.3 is 6.01 Å². The van der Waals surface area contributed by atoms with Gasteiger partial charge in [-0.3, -0.25) is 0 Å². The highest BCUT2D eigenvalue weighted by atomic mass is 16.5. The first kappa shape index (κ1) is 12.9. The molecular formula is C14H13N5O2. The Morgan fingerprint density at radius 3 is 2.67 bits per heavy atom. The quantitative estimate of drug-likeness (QED) is 0.788. The number of ether oxygens (including phenoxy) is 2. The minimum Gasteiger partial charge on any atom is -0.481 e. The Kier molecular flexibility index (Phi) is 3.38. The molecule has 106 valence electrons. The molecule has 0 aliphatic carbocycles. The highest BCUT2D eigenvalue weighted by Crippen LogP contribution is 2.25. The molecule has 3 rings (SSSR count). The lowest BCUT2D eigenvalue weighted by molar-refractivity contribution is 0.377. The van der Waals surface area contributed by atoms with E-state index >= 15 is 0 Å². The number of methoxy groups -OCH3 is 1. The molecule has 0 spiro atoms. The molecule has 7 heteroatoms. The van der Waals surface area contributed by atoms with E-state index in [0.29, 0.717) is 11.6 Å². The fourth-order valence-corrected chi connectivity index (χ4v) is 1.72. The van der Waals surface area contributed by atoms with E-state index < -0.39 is 0 Å². The number of aromatic nitrogens is 4. The fourth-order valence-electron chi connectivity index (χ4n) is 1.72. The number of benzene rings is 1. The molecule has 0 aliphatic rings. The number of nitrogen functional groups attached to an aromatic ring is 1. The zero-order valence-electron chi connectivity index (χ0n) is 11.3. The van der Waals surface area contributed by atoms with Crippen LogP contribution in [-0.4, -0.2) is 26.9 Å². The summed E-state index contributed by atoms with van der Waals surface area (Å²) in [6.07, 6.45) is 1.56. The van der Waals surface area contributed by atoms with Crippen LogP contribution in [0.3, 0.4) is 0 Å². The van der Waals surface area contributed by atoms with Crippen LogP contribution < -0.4 is 15.2 Å². The molecule has 0 unspecified atom stereocenters. The summed E-state index contributed by atoms with van der Waals surface area (Å²) in [6.45, 7) is 0. The van der Waals surface area contributed by atoms with Crippen LogP contribution in [0.4, 0.5) is 5.69 Å². The summed E-state index contributed by atoms with van der Waals surface area (Å²) in [5.74, 6) is 0.613. The van der Waals surface area contributed by atoms with E-state index in [1.54, 1.807) is 23.1 Å². The molecule has 2 N–H and O–H groups in total. The van der Waals surface area contributed by atoms with Crippen molar-refractivity contribution >= 4 is 5.69 Å². The van der Waals surface area contributed by atoms with Crippen molar-refractivity contribution in [3.8, 4) is 23.5 Å². The summed E-state index contributed by atoms with van der Waals surface area (Å²) in [5.41, 5.74) is 7.07. The Balaban J connectivity index is 1.85. The van der Waals surface area contributed by atoms with Crippen molar-refractivity contribution in [2.24, 2.45) is 0 Å². The first-order chi connectivity index (χ1) is 10.3. The Bertz CT molecular complexity index is 742. The highest BCUT2D eigenvalue weighted by Gasteiger charge is 2.10. The molecule has 1 aromatic carbocycles. The van der Waals surface area contributed by atoms with Gasteiger partial charge < -0.3 is 15.2 Å². The minimum absolute atomic E-state index is 0.159. The summed E-state index contributed by atoms with van der Waals surface area (Å²) in [4.78, 5) is 8.19. The molecule has 0 saturated heterocycles. The van der Waals surface area contributed by atoms with Crippen LogP contribution in [0.15, 0.2) is 48.8 Å². The van der Waals surface area contributed by atoms with Crippen LogP contribution in [0, 0.1) is 0 Å². The van der Waals surface area contributed by atoms with E-state index in [2.05, 4.69) is 15.1 Å². The normalized spacial score (nSPS) is 10.3. The monoisotopic (exact) mass is 283 g/mol. The smallest absolute Gasteiger partial charge is 0.342 e. The van der Waals surface area contributed by atoms with Gasteiger partial charge in [0, 0.05) is 6.07 Å². The third-order valence-corrected chi connectivity index (χ3v) is 2.75. The molecule has 0 fully saturated rings. The maximum absolute atomic E-state index is 5.80. The average molecular weight is 283 g/mol. The number of para-hydroxylation sites is 1. The van der Waals surface area contributed by atoms with Crippen molar-refractivity contribution < 1.29 is 9.47 Å². The van der Waals surface area contributed by atoms with Crippen LogP contribution >= 0.6 is 0 Å². The van der Waals surface area contributed by atoms with Gasteiger partial charge in [0.05, 0.1) is 18.5 Å². The molecule has 0 amide bonds. The third-order valence-electron chi connectivity index (χ3n) is 2.75. The van der Waals surface area contributed by atoms with Gasteiger partial charge in [0.1, 0.15) is 6.33 Å². The standard InChI is InChI=1S/C14H13N5O2/c1-20-12-8-7-11(15)13(17-12)21-14-16-9-19(18-14)10-5-3-2-4-6-10/h2-9H,15H2,1H3. The summed E-state index contributed by atoms with van der Waals surface area (Å²) in [5, 5.41) is 4.22. The van der Waals surface area contributed by atoms with Gasteiger partial charge in [-0.15, -0.1) is 5.10 Å².